The third-order valence-electron chi connectivity index (χ3n) is 5.35. The van der Waals surface area contributed by atoms with Crippen LogP contribution < -0.4 is 21.1 Å². The zero-order chi connectivity index (χ0) is 22.1. The predicted octanol–water partition coefficient (Wildman–Crippen LogP) is 2.11. The molecule has 2 amide bonds. The van der Waals surface area contributed by atoms with Gasteiger partial charge in [0.1, 0.15) is 11.6 Å². The van der Waals surface area contributed by atoms with Crippen molar-refractivity contribution in [3.8, 4) is 5.75 Å². The number of aromatic nitrogens is 2. The zero-order valence-electron chi connectivity index (χ0n) is 17.7. The van der Waals surface area contributed by atoms with Crippen LogP contribution >= 0.6 is 0 Å². The Hall–Kier alpha value is -3.68. The number of aryl methyl sites for hydroxylation is 4. The van der Waals surface area contributed by atoms with Crippen LogP contribution in [0, 0.1) is 20.8 Å². The number of carbonyl (C=O) groups is 2. The fraction of sp³-hybridized carbons (Fsp3) is 0.304. The molecule has 0 saturated carbocycles. The number of benzene rings is 2. The number of hydrogen-bond acceptors (Lipinski definition) is 5. The summed E-state index contributed by atoms with van der Waals surface area (Å²) in [4.78, 5) is 41.6. The van der Waals surface area contributed by atoms with Gasteiger partial charge in [0.15, 0.2) is 6.61 Å². The van der Waals surface area contributed by atoms with E-state index >= 15 is 0 Å². The molecule has 0 radical (unpaired) electrons. The van der Waals surface area contributed by atoms with Crippen LogP contribution in [0.2, 0.25) is 0 Å². The van der Waals surface area contributed by atoms with E-state index in [1.165, 1.54) is 0 Å². The zero-order valence-corrected chi connectivity index (χ0v) is 17.7. The van der Waals surface area contributed by atoms with E-state index in [9.17, 15) is 14.4 Å². The van der Waals surface area contributed by atoms with Gasteiger partial charge in [-0.2, -0.15) is 0 Å². The summed E-state index contributed by atoms with van der Waals surface area (Å²) < 4.78 is 7.31. The summed E-state index contributed by atoms with van der Waals surface area (Å²) in [6, 6.07) is 8.67. The molecule has 4 rings (SSSR count). The number of nitrogens with zero attached hydrogens (tertiary/aromatic N) is 2. The molecule has 3 aromatic rings. The Kier molecular flexibility index (Phi) is 5.46. The lowest BCUT2D eigenvalue weighted by molar-refractivity contribution is -0.123. The third kappa shape index (κ3) is 4.14. The second kappa shape index (κ2) is 8.22. The molecule has 0 fully saturated rings. The van der Waals surface area contributed by atoms with Crippen LogP contribution in [-0.4, -0.2) is 28.0 Å². The first-order chi connectivity index (χ1) is 14.8. The molecule has 160 valence electrons. The summed E-state index contributed by atoms with van der Waals surface area (Å²) in [5.41, 5.74) is 8.43. The highest BCUT2D eigenvalue weighted by Gasteiger charge is 2.17. The Morgan fingerprint density at radius 3 is 2.58 bits per heavy atom. The quantitative estimate of drug-likeness (QED) is 0.630. The van der Waals surface area contributed by atoms with Gasteiger partial charge in [-0.15, -0.1) is 0 Å². The number of rotatable bonds is 4. The van der Waals surface area contributed by atoms with Crippen molar-refractivity contribution in [1.82, 2.24) is 20.4 Å². The molecule has 0 bridgehead atoms. The van der Waals surface area contributed by atoms with Crippen molar-refractivity contribution in [2.75, 3.05) is 6.61 Å². The average Bonchev–Trinajstić information content (AvgIpc) is 3.19. The molecule has 2 heterocycles. The van der Waals surface area contributed by atoms with E-state index < -0.39 is 11.8 Å². The molecule has 0 atom stereocenters. The standard InChI is InChI=1S/C23H24N4O4/c1-13-9-14(2)21(15(3)10-13)31-12-20(28)25-26-22(29)16-6-7-17-18(11-16)24-19-5-4-8-27(19)23(17)30/h6-7,9-11H,4-5,8,12H2,1-3H3,(H,25,28)(H,26,29). The van der Waals surface area contributed by atoms with Gasteiger partial charge in [-0.1, -0.05) is 17.7 Å². The van der Waals surface area contributed by atoms with Crippen LogP contribution in [0.4, 0.5) is 0 Å². The lowest BCUT2D eigenvalue weighted by atomic mass is 10.1. The van der Waals surface area contributed by atoms with Crippen LogP contribution in [-0.2, 0) is 17.8 Å². The summed E-state index contributed by atoms with van der Waals surface area (Å²) in [5, 5.41) is 0.475. The molecule has 0 aliphatic carbocycles. The van der Waals surface area contributed by atoms with Gasteiger partial charge in [0.25, 0.3) is 17.4 Å². The highest BCUT2D eigenvalue weighted by atomic mass is 16.5. The number of hydrogen-bond donors (Lipinski definition) is 2. The fourth-order valence-electron chi connectivity index (χ4n) is 3.99. The van der Waals surface area contributed by atoms with Crippen molar-refractivity contribution in [2.45, 2.75) is 40.2 Å². The Morgan fingerprint density at radius 2 is 1.84 bits per heavy atom. The Morgan fingerprint density at radius 1 is 1.10 bits per heavy atom. The summed E-state index contributed by atoms with van der Waals surface area (Å²) in [6.07, 6.45) is 1.64. The summed E-state index contributed by atoms with van der Waals surface area (Å²) in [6.45, 7) is 6.29. The normalized spacial score (nSPS) is 12.5. The van der Waals surface area contributed by atoms with Crippen LogP contribution in [0.3, 0.4) is 0 Å². The molecule has 1 aromatic heterocycles. The largest absolute Gasteiger partial charge is 0.483 e. The molecular weight excluding hydrogens is 396 g/mol. The van der Waals surface area contributed by atoms with Gasteiger partial charge in [-0.05, 0) is 56.5 Å². The summed E-state index contributed by atoms with van der Waals surface area (Å²) in [5.74, 6) is 0.414. The average molecular weight is 420 g/mol. The van der Waals surface area contributed by atoms with Crippen LogP contribution in [0.15, 0.2) is 35.1 Å². The summed E-state index contributed by atoms with van der Waals surface area (Å²) in [7, 11) is 0. The van der Waals surface area contributed by atoms with E-state index in [0.717, 1.165) is 35.4 Å². The minimum atomic E-state index is -0.500. The van der Waals surface area contributed by atoms with E-state index in [0.29, 0.717) is 28.8 Å². The van der Waals surface area contributed by atoms with Crippen molar-refractivity contribution in [3.05, 3.63) is 68.8 Å². The highest BCUT2D eigenvalue weighted by molar-refractivity contribution is 5.98. The second-order valence-corrected chi connectivity index (χ2v) is 7.84. The Balaban J connectivity index is 1.39. The Bertz CT molecular complexity index is 1240. The first kappa shape index (κ1) is 20.6. The maximum atomic E-state index is 12.5. The van der Waals surface area contributed by atoms with E-state index in [4.69, 9.17) is 4.74 Å². The van der Waals surface area contributed by atoms with Crippen LogP contribution in [0.25, 0.3) is 10.9 Å². The van der Waals surface area contributed by atoms with Crippen molar-refractivity contribution < 1.29 is 14.3 Å². The van der Waals surface area contributed by atoms with E-state index in [-0.39, 0.29) is 12.2 Å². The number of carbonyl (C=O) groups excluding carboxylic acids is 2. The van der Waals surface area contributed by atoms with Gasteiger partial charge in [0.05, 0.1) is 10.9 Å². The minimum absolute atomic E-state index is 0.0865. The molecular formula is C23H24N4O4. The van der Waals surface area contributed by atoms with Gasteiger partial charge < -0.3 is 4.74 Å². The molecule has 2 N–H and O–H groups in total. The third-order valence-corrected chi connectivity index (χ3v) is 5.35. The van der Waals surface area contributed by atoms with Crippen molar-refractivity contribution >= 4 is 22.7 Å². The van der Waals surface area contributed by atoms with Crippen LogP contribution in [0.1, 0.15) is 39.3 Å². The molecule has 1 aliphatic rings. The van der Waals surface area contributed by atoms with Gasteiger partial charge in [0, 0.05) is 18.5 Å². The monoisotopic (exact) mass is 420 g/mol. The number of amides is 2. The number of hydrazine groups is 1. The molecule has 0 spiro atoms. The molecule has 8 nitrogen and oxygen atoms in total. The van der Waals surface area contributed by atoms with E-state index in [2.05, 4.69) is 15.8 Å². The first-order valence-corrected chi connectivity index (χ1v) is 10.2. The lowest BCUT2D eigenvalue weighted by Crippen LogP contribution is -2.43. The lowest BCUT2D eigenvalue weighted by Gasteiger charge is -2.13. The molecule has 8 heteroatoms. The van der Waals surface area contributed by atoms with Gasteiger partial charge in [-0.25, -0.2) is 4.98 Å². The smallest absolute Gasteiger partial charge is 0.276 e. The highest BCUT2D eigenvalue weighted by Crippen LogP contribution is 2.24. The molecule has 0 unspecified atom stereocenters. The van der Waals surface area contributed by atoms with Gasteiger partial charge in [0.2, 0.25) is 0 Å². The maximum Gasteiger partial charge on any atom is 0.276 e. The van der Waals surface area contributed by atoms with E-state index in [1.54, 1.807) is 22.8 Å². The minimum Gasteiger partial charge on any atom is -0.483 e. The van der Waals surface area contributed by atoms with Gasteiger partial charge >= 0.3 is 0 Å². The topological polar surface area (TPSA) is 102 Å². The van der Waals surface area contributed by atoms with Crippen LogP contribution in [0.5, 0.6) is 5.75 Å². The fourth-order valence-corrected chi connectivity index (χ4v) is 3.99. The molecule has 1 aliphatic heterocycles. The molecule has 0 saturated heterocycles. The summed E-state index contributed by atoms with van der Waals surface area (Å²) >= 11 is 0. The van der Waals surface area contributed by atoms with E-state index in [1.807, 2.05) is 32.9 Å². The van der Waals surface area contributed by atoms with Crippen molar-refractivity contribution in [1.29, 1.82) is 0 Å². The van der Waals surface area contributed by atoms with Crippen molar-refractivity contribution in [2.24, 2.45) is 0 Å². The first-order valence-electron chi connectivity index (χ1n) is 10.2. The predicted molar refractivity (Wildman–Crippen MR) is 116 cm³/mol. The molecule has 31 heavy (non-hydrogen) atoms. The SMILES string of the molecule is Cc1cc(C)c(OCC(=O)NNC(=O)c2ccc3c(=O)n4c(nc3c2)CCC4)c(C)c1. The van der Waals surface area contributed by atoms with Crippen molar-refractivity contribution in [3.63, 3.8) is 0 Å². The maximum absolute atomic E-state index is 12.5. The number of fused-ring (bicyclic) bond motifs is 2. The number of ether oxygens (including phenoxy) is 1. The van der Waals surface area contributed by atoms with Gasteiger partial charge in [-0.3, -0.25) is 29.8 Å². The Labute approximate surface area is 179 Å². The molecule has 2 aromatic carbocycles. The number of nitrogens with one attached hydrogen (secondary N) is 2. The second-order valence-electron chi connectivity index (χ2n) is 7.84.